The van der Waals surface area contributed by atoms with Crippen molar-refractivity contribution < 1.29 is 9.53 Å². The summed E-state index contributed by atoms with van der Waals surface area (Å²) in [5, 5.41) is 0. The van der Waals surface area contributed by atoms with Gasteiger partial charge in [-0.1, -0.05) is 11.1 Å². The minimum absolute atomic E-state index is 0.102. The van der Waals surface area contributed by atoms with E-state index < -0.39 is 0 Å². The van der Waals surface area contributed by atoms with Crippen LogP contribution in [0.3, 0.4) is 0 Å². The first kappa shape index (κ1) is 14.7. The maximum atomic E-state index is 12.6. The lowest BCUT2D eigenvalue weighted by molar-refractivity contribution is 0.0742. The molecule has 4 rings (SSSR count). The second kappa shape index (κ2) is 6.34. The van der Waals surface area contributed by atoms with Crippen molar-refractivity contribution in [2.45, 2.75) is 57.5 Å². The number of likely N-dealkylation sites (tertiary alicyclic amines) is 1. The Bertz CT molecular complexity index is 599. The number of pyridine rings is 1. The fourth-order valence-electron chi connectivity index (χ4n) is 3.69. The van der Waals surface area contributed by atoms with E-state index >= 15 is 0 Å². The zero-order valence-electron chi connectivity index (χ0n) is 13.6. The van der Waals surface area contributed by atoms with Crippen LogP contribution in [0.25, 0.3) is 0 Å². The summed E-state index contributed by atoms with van der Waals surface area (Å²) in [5.41, 5.74) is 3.92. The Morgan fingerprint density at radius 1 is 1.04 bits per heavy atom. The average Bonchev–Trinajstić information content (AvgIpc) is 3.33. The Hall–Kier alpha value is -1.84. The first-order chi connectivity index (χ1) is 11.3. The fourth-order valence-corrected chi connectivity index (χ4v) is 3.69. The van der Waals surface area contributed by atoms with Gasteiger partial charge in [0.1, 0.15) is 6.10 Å². The molecule has 0 aromatic carbocycles. The van der Waals surface area contributed by atoms with Crippen LogP contribution in [0.2, 0.25) is 0 Å². The lowest BCUT2D eigenvalue weighted by Crippen LogP contribution is -2.36. The average molecular weight is 312 g/mol. The topological polar surface area (TPSA) is 42.4 Å². The molecule has 2 heterocycles. The van der Waals surface area contributed by atoms with Crippen LogP contribution in [0.4, 0.5) is 0 Å². The lowest BCUT2D eigenvalue weighted by atomic mass is 10.0. The molecule has 4 nitrogen and oxygen atoms in total. The van der Waals surface area contributed by atoms with Crippen molar-refractivity contribution in [1.82, 2.24) is 9.88 Å². The lowest BCUT2D eigenvalue weighted by Gasteiger charge is -2.28. The number of rotatable bonds is 3. The molecule has 0 bridgehead atoms. The van der Waals surface area contributed by atoms with E-state index in [9.17, 15) is 4.79 Å². The Morgan fingerprint density at radius 2 is 1.74 bits per heavy atom. The van der Waals surface area contributed by atoms with Crippen molar-refractivity contribution in [2.24, 2.45) is 0 Å². The van der Waals surface area contributed by atoms with Gasteiger partial charge in [-0.15, -0.1) is 0 Å². The summed E-state index contributed by atoms with van der Waals surface area (Å²) in [4.78, 5) is 18.9. The number of aromatic nitrogens is 1. The van der Waals surface area contributed by atoms with Crippen LogP contribution < -0.4 is 4.74 Å². The SMILES string of the molecule is O=C(c1ccc(OC2CCCC2)nc1)N1CCC(=C2CC2)CC1. The molecule has 0 spiro atoms. The minimum atomic E-state index is 0.102. The van der Waals surface area contributed by atoms with Gasteiger partial charge in [-0.3, -0.25) is 4.79 Å². The number of piperidine rings is 1. The van der Waals surface area contributed by atoms with Gasteiger partial charge in [0.05, 0.1) is 5.56 Å². The third-order valence-corrected chi connectivity index (χ3v) is 5.23. The van der Waals surface area contributed by atoms with Crippen molar-refractivity contribution in [3.8, 4) is 5.88 Å². The minimum Gasteiger partial charge on any atom is -0.474 e. The first-order valence-corrected chi connectivity index (χ1v) is 8.91. The first-order valence-electron chi connectivity index (χ1n) is 8.91. The molecule has 0 radical (unpaired) electrons. The molecule has 0 N–H and O–H groups in total. The number of carbonyl (C=O) groups is 1. The number of nitrogens with zero attached hydrogens (tertiary/aromatic N) is 2. The zero-order chi connectivity index (χ0) is 15.6. The van der Waals surface area contributed by atoms with E-state index in [0.717, 1.165) is 38.8 Å². The van der Waals surface area contributed by atoms with Gasteiger partial charge in [0.25, 0.3) is 5.91 Å². The summed E-state index contributed by atoms with van der Waals surface area (Å²) < 4.78 is 5.86. The summed E-state index contributed by atoms with van der Waals surface area (Å²) in [5.74, 6) is 0.748. The van der Waals surface area contributed by atoms with Gasteiger partial charge in [0, 0.05) is 25.4 Å². The number of ether oxygens (including phenoxy) is 1. The van der Waals surface area contributed by atoms with Crippen LogP contribution in [-0.2, 0) is 0 Å². The summed E-state index contributed by atoms with van der Waals surface area (Å²) in [6.07, 6.45) is 11.4. The van der Waals surface area contributed by atoms with E-state index in [1.807, 2.05) is 17.0 Å². The van der Waals surface area contributed by atoms with Crippen LogP contribution >= 0.6 is 0 Å². The number of amides is 1. The van der Waals surface area contributed by atoms with Gasteiger partial charge in [0.2, 0.25) is 5.88 Å². The molecule has 0 unspecified atom stereocenters. The normalized spacial score (nSPS) is 21.7. The van der Waals surface area contributed by atoms with E-state index in [0.29, 0.717) is 17.5 Å². The standard InChI is InChI=1S/C19H24N2O2/c22-19(21-11-9-15(10-12-21)14-5-6-14)16-7-8-18(20-13-16)23-17-3-1-2-4-17/h7-8,13,17H,1-6,9-12H2. The fraction of sp³-hybridized carbons (Fsp3) is 0.579. The van der Waals surface area contributed by atoms with Gasteiger partial charge < -0.3 is 9.64 Å². The molecular formula is C19H24N2O2. The van der Waals surface area contributed by atoms with Gasteiger partial charge >= 0.3 is 0 Å². The molecule has 0 atom stereocenters. The van der Waals surface area contributed by atoms with E-state index in [1.54, 1.807) is 17.3 Å². The van der Waals surface area contributed by atoms with Crippen LogP contribution in [0.5, 0.6) is 5.88 Å². The number of allylic oxidation sites excluding steroid dienone is 1. The van der Waals surface area contributed by atoms with E-state index in [2.05, 4.69) is 4.98 Å². The molecule has 3 fully saturated rings. The van der Waals surface area contributed by atoms with E-state index in [-0.39, 0.29) is 5.91 Å². The van der Waals surface area contributed by atoms with Crippen molar-refractivity contribution in [3.63, 3.8) is 0 Å². The highest BCUT2D eigenvalue weighted by Crippen LogP contribution is 2.36. The summed E-state index contributed by atoms with van der Waals surface area (Å²) in [6.45, 7) is 1.69. The Morgan fingerprint density at radius 3 is 2.35 bits per heavy atom. The van der Waals surface area contributed by atoms with E-state index in [1.165, 1.54) is 25.7 Å². The molecule has 2 saturated carbocycles. The van der Waals surface area contributed by atoms with Crippen molar-refractivity contribution in [2.75, 3.05) is 13.1 Å². The van der Waals surface area contributed by atoms with Crippen LogP contribution in [0, 0.1) is 0 Å². The van der Waals surface area contributed by atoms with Crippen molar-refractivity contribution >= 4 is 5.91 Å². The molecule has 1 aromatic rings. The monoisotopic (exact) mass is 312 g/mol. The molecule has 2 aliphatic carbocycles. The van der Waals surface area contributed by atoms with Crippen LogP contribution in [-0.4, -0.2) is 35.0 Å². The Kier molecular flexibility index (Phi) is 4.06. The van der Waals surface area contributed by atoms with Gasteiger partial charge in [-0.25, -0.2) is 4.98 Å². The summed E-state index contributed by atoms with van der Waals surface area (Å²) in [7, 11) is 0. The molecule has 3 aliphatic rings. The largest absolute Gasteiger partial charge is 0.474 e. The number of hydrogen-bond acceptors (Lipinski definition) is 3. The van der Waals surface area contributed by atoms with Crippen molar-refractivity contribution in [1.29, 1.82) is 0 Å². The highest BCUT2D eigenvalue weighted by atomic mass is 16.5. The maximum Gasteiger partial charge on any atom is 0.255 e. The molecule has 1 aliphatic heterocycles. The molecular weight excluding hydrogens is 288 g/mol. The third kappa shape index (κ3) is 3.41. The summed E-state index contributed by atoms with van der Waals surface area (Å²) >= 11 is 0. The number of hydrogen-bond donors (Lipinski definition) is 0. The molecule has 4 heteroatoms. The van der Waals surface area contributed by atoms with Gasteiger partial charge in [0.15, 0.2) is 0 Å². The summed E-state index contributed by atoms with van der Waals surface area (Å²) in [6, 6.07) is 3.70. The molecule has 23 heavy (non-hydrogen) atoms. The maximum absolute atomic E-state index is 12.6. The van der Waals surface area contributed by atoms with Crippen LogP contribution in [0.15, 0.2) is 29.5 Å². The second-order valence-corrected chi connectivity index (χ2v) is 6.91. The molecule has 1 aromatic heterocycles. The third-order valence-electron chi connectivity index (χ3n) is 5.23. The zero-order valence-corrected chi connectivity index (χ0v) is 13.6. The highest BCUT2D eigenvalue weighted by molar-refractivity contribution is 5.94. The Labute approximate surface area is 137 Å². The predicted octanol–water partition coefficient (Wildman–Crippen LogP) is 3.73. The van der Waals surface area contributed by atoms with Crippen LogP contribution in [0.1, 0.15) is 61.7 Å². The highest BCUT2D eigenvalue weighted by Gasteiger charge is 2.25. The molecule has 122 valence electrons. The number of carbonyl (C=O) groups excluding carboxylic acids is 1. The molecule has 1 amide bonds. The quantitative estimate of drug-likeness (QED) is 0.799. The van der Waals surface area contributed by atoms with E-state index in [4.69, 9.17) is 4.74 Å². The Balaban J connectivity index is 1.35. The smallest absolute Gasteiger partial charge is 0.255 e. The molecule has 1 saturated heterocycles. The van der Waals surface area contributed by atoms with Gasteiger partial charge in [-0.05, 0) is 57.4 Å². The predicted molar refractivity (Wildman–Crippen MR) is 88.5 cm³/mol. The van der Waals surface area contributed by atoms with Crippen molar-refractivity contribution in [3.05, 3.63) is 35.0 Å². The van der Waals surface area contributed by atoms with Gasteiger partial charge in [-0.2, -0.15) is 0 Å². The second-order valence-electron chi connectivity index (χ2n) is 6.91.